The normalized spacial score (nSPS) is 17.0. The fourth-order valence-electron chi connectivity index (χ4n) is 11.2. The monoisotopic (exact) mass is 1180 g/mol. The van der Waals surface area contributed by atoms with Crippen LogP contribution in [-0.2, 0) is 48.8 Å². The molecule has 20 nitrogen and oxygen atoms in total. The van der Waals surface area contributed by atoms with Crippen LogP contribution in [0.4, 0.5) is 23.0 Å². The molecule has 0 saturated carbocycles. The third-order valence-electron chi connectivity index (χ3n) is 15.6. The van der Waals surface area contributed by atoms with Gasteiger partial charge in [0.2, 0.25) is 11.6 Å². The first-order valence-corrected chi connectivity index (χ1v) is 31.2. The third kappa shape index (κ3) is 14.4. The van der Waals surface area contributed by atoms with E-state index in [1.54, 1.807) is 24.3 Å². The summed E-state index contributed by atoms with van der Waals surface area (Å²) in [6.07, 6.45) is 14.3. The Morgan fingerprint density at radius 2 is 1.52 bits per heavy atom. The van der Waals surface area contributed by atoms with Crippen LogP contribution in [-0.4, -0.2) is 104 Å². The molecule has 2 aliphatic heterocycles. The lowest BCUT2D eigenvalue weighted by molar-refractivity contribution is -0.438. The number of allylic oxidation sites excluding steroid dienone is 7. The maximum Gasteiger partial charge on any atom is 0.326 e. The third-order valence-corrected chi connectivity index (χ3v) is 17.2. The van der Waals surface area contributed by atoms with Crippen LogP contribution in [0.2, 0.25) is 0 Å². The van der Waals surface area contributed by atoms with Gasteiger partial charge in [-0.15, -0.1) is 0 Å². The number of nitrogens with one attached hydrogen (secondary N) is 3. The Morgan fingerprint density at radius 3 is 2.24 bits per heavy atom. The summed E-state index contributed by atoms with van der Waals surface area (Å²) in [6.45, 7) is 9.97. The molecule has 0 unspecified atom stereocenters. The highest BCUT2D eigenvalue weighted by Crippen LogP contribution is 2.48. The standard InChI is InChI=1S/C62H69N9O11S2/c1-61(2)47-16-5-7-18-50(47)70(34-9-11-36-83(76,77)78)52(61)32-25-41-14-13-15-42(26-33-53-62(3,4)48-17-6-8-19-51(48)71(53)35-10-12-37-84(79,80)81)55(41)82-46-29-20-40(21-30-46)22-31-49(59(74)75)67-57(72)43-23-27-44(28-24-43)64-38-45-39-65-56-54(66-45)58(73)69-60(63)68-56/h5-8,16-21,23-30,32-33,39,49H,9-15,22,31,34-38H2,1-4H3,(H7-,63,64,65,67,68,69,72,73,74,75,76,77,78,79,80,81)/p+1/t49-/m0/s1. The van der Waals surface area contributed by atoms with Crippen molar-refractivity contribution >= 4 is 72.0 Å². The molecule has 440 valence electrons. The number of unbranched alkanes of at least 4 members (excludes halogenated alkanes) is 2. The molecule has 6 aromatic rings. The number of para-hydroxylation sites is 2. The van der Waals surface area contributed by atoms with Gasteiger partial charge in [0.15, 0.2) is 16.9 Å². The molecule has 0 radical (unpaired) electrons. The molecule has 4 aromatic carbocycles. The first-order valence-electron chi connectivity index (χ1n) is 28.0. The number of fused-ring (bicyclic) bond motifs is 3. The first-order chi connectivity index (χ1) is 39.9. The summed E-state index contributed by atoms with van der Waals surface area (Å²) in [5.41, 5.74) is 15.0. The molecule has 9 rings (SSSR count). The summed E-state index contributed by atoms with van der Waals surface area (Å²) in [6, 6.07) is 29.1. The van der Waals surface area contributed by atoms with Crippen LogP contribution in [0.1, 0.15) is 112 Å². The van der Waals surface area contributed by atoms with Crippen LogP contribution in [0.15, 0.2) is 155 Å². The predicted molar refractivity (Wildman–Crippen MR) is 324 cm³/mol. The number of aliphatic carboxylic acids is 1. The van der Waals surface area contributed by atoms with Gasteiger partial charge in [-0.05, 0) is 142 Å². The van der Waals surface area contributed by atoms with Crippen LogP contribution >= 0.6 is 0 Å². The first kappa shape index (κ1) is 60.3. The molecule has 0 spiro atoms. The average Bonchev–Trinajstić information content (AvgIpc) is 1.74. The number of nitrogens with zero attached hydrogens (tertiary/aromatic N) is 5. The van der Waals surface area contributed by atoms with E-state index < -0.39 is 54.5 Å². The van der Waals surface area contributed by atoms with E-state index in [9.17, 15) is 45.4 Å². The zero-order chi connectivity index (χ0) is 60.0. The summed E-state index contributed by atoms with van der Waals surface area (Å²) < 4.78 is 74.7. The van der Waals surface area contributed by atoms with E-state index >= 15 is 0 Å². The van der Waals surface area contributed by atoms with Gasteiger partial charge in [-0.2, -0.15) is 26.4 Å². The molecule has 4 heterocycles. The minimum Gasteiger partial charge on any atom is -0.480 e. The number of H-pyrrole nitrogens is 1. The molecule has 1 aliphatic carbocycles. The number of nitrogens with two attached hydrogens (primary N) is 1. The number of rotatable bonds is 24. The number of carboxylic acids is 1. The highest BCUT2D eigenvalue weighted by molar-refractivity contribution is 7.86. The van der Waals surface area contributed by atoms with Gasteiger partial charge in [-0.3, -0.25) is 23.7 Å². The van der Waals surface area contributed by atoms with Crippen molar-refractivity contribution in [1.82, 2.24) is 25.3 Å². The number of ether oxygens (including phenoxy) is 1. The summed E-state index contributed by atoms with van der Waals surface area (Å²) in [4.78, 5) is 55.3. The van der Waals surface area contributed by atoms with E-state index in [2.05, 4.69) is 116 Å². The quantitative estimate of drug-likeness (QED) is 0.0169. The lowest BCUT2D eigenvalue weighted by atomic mass is 9.81. The molecule has 1 atom stereocenters. The molecule has 0 saturated heterocycles. The second kappa shape index (κ2) is 25.3. The number of carbonyl (C=O) groups is 2. The van der Waals surface area contributed by atoms with Crippen LogP contribution in [0.25, 0.3) is 11.2 Å². The van der Waals surface area contributed by atoms with Gasteiger partial charge < -0.3 is 31.1 Å². The SMILES string of the molecule is CC1(C)C(=CC=C2CCCC(C=CC3=[N+](CCCCS(=O)(=O)O)c4ccccc4C3(C)C)=C2Oc2ccc(CC[C@H](NC(=O)c3ccc(NCc4cnc5nc(N)[nH]c(=O)c5n4)cc3)C(=O)O)cc2)N(CCCCS(=O)(=O)O)c2ccccc21. The number of aryl methyl sites for hydroxylation is 1. The highest BCUT2D eigenvalue weighted by Gasteiger charge is 2.44. The smallest absolute Gasteiger partial charge is 0.326 e. The van der Waals surface area contributed by atoms with Gasteiger partial charge in [-0.25, -0.2) is 14.8 Å². The molecule has 3 aliphatic rings. The summed E-state index contributed by atoms with van der Waals surface area (Å²) in [7, 11) is -8.22. The Hall–Kier alpha value is -8.31. The van der Waals surface area contributed by atoms with Crippen LogP contribution in [0.3, 0.4) is 0 Å². The second-order valence-electron chi connectivity index (χ2n) is 22.3. The van der Waals surface area contributed by atoms with Crippen molar-refractivity contribution in [3.63, 3.8) is 0 Å². The minimum atomic E-state index is -4.11. The van der Waals surface area contributed by atoms with Gasteiger partial charge in [0.05, 0.1) is 35.4 Å². The molecular formula is C62H70N9O11S2+. The number of benzene rings is 4. The maximum atomic E-state index is 13.4. The zero-order valence-electron chi connectivity index (χ0n) is 47.3. The Labute approximate surface area is 488 Å². The topological polar surface area (TPSA) is 300 Å². The van der Waals surface area contributed by atoms with Gasteiger partial charge in [0, 0.05) is 58.7 Å². The van der Waals surface area contributed by atoms with Crippen molar-refractivity contribution in [2.24, 2.45) is 0 Å². The van der Waals surface area contributed by atoms with E-state index in [1.807, 2.05) is 48.5 Å². The number of hydrogen-bond donors (Lipinski definition) is 7. The van der Waals surface area contributed by atoms with Crippen molar-refractivity contribution in [3.8, 4) is 5.75 Å². The molecule has 22 heteroatoms. The molecule has 8 N–H and O–H groups in total. The average molecular weight is 1180 g/mol. The van der Waals surface area contributed by atoms with E-state index in [-0.39, 0.29) is 47.1 Å². The highest BCUT2D eigenvalue weighted by atomic mass is 32.2. The number of hydrogen-bond acceptors (Lipinski definition) is 14. The number of amides is 1. The molecule has 1 amide bonds. The van der Waals surface area contributed by atoms with Crippen molar-refractivity contribution in [2.45, 2.75) is 109 Å². The second-order valence-corrected chi connectivity index (χ2v) is 25.5. The number of carboxylic acid groups (broad SMARTS) is 1. The van der Waals surface area contributed by atoms with Crippen molar-refractivity contribution in [1.29, 1.82) is 0 Å². The van der Waals surface area contributed by atoms with Crippen LogP contribution in [0, 0.1) is 0 Å². The molecule has 0 fully saturated rings. The number of carbonyl (C=O) groups excluding carboxylic acids is 1. The number of aromatic amines is 1. The van der Waals surface area contributed by atoms with Gasteiger partial charge in [0.25, 0.3) is 31.7 Å². The van der Waals surface area contributed by atoms with Gasteiger partial charge >= 0.3 is 5.97 Å². The lowest BCUT2D eigenvalue weighted by Crippen LogP contribution is -2.41. The van der Waals surface area contributed by atoms with E-state index in [4.69, 9.17) is 10.5 Å². The summed E-state index contributed by atoms with van der Waals surface area (Å²) in [5, 5.41) is 16.1. The van der Waals surface area contributed by atoms with E-state index in [0.717, 1.165) is 57.0 Å². The lowest BCUT2D eigenvalue weighted by Gasteiger charge is -2.27. The summed E-state index contributed by atoms with van der Waals surface area (Å²) >= 11 is 0. The number of anilines is 3. The van der Waals surface area contributed by atoms with Crippen molar-refractivity contribution < 1.29 is 49.9 Å². The molecule has 2 aromatic heterocycles. The van der Waals surface area contributed by atoms with Crippen molar-refractivity contribution in [2.75, 3.05) is 40.5 Å². The Bertz CT molecular complexity index is 3950. The fourth-order valence-corrected chi connectivity index (χ4v) is 12.4. The number of aromatic nitrogens is 4. The van der Waals surface area contributed by atoms with E-state index in [1.165, 1.54) is 6.20 Å². The van der Waals surface area contributed by atoms with Gasteiger partial charge in [-0.1, -0.05) is 68.5 Å². The van der Waals surface area contributed by atoms with Gasteiger partial charge in [0.1, 0.15) is 24.1 Å². The number of nitrogen functional groups attached to an aromatic ring is 1. The van der Waals surface area contributed by atoms with Crippen molar-refractivity contribution in [3.05, 3.63) is 188 Å². The van der Waals surface area contributed by atoms with Crippen LogP contribution in [0.5, 0.6) is 5.75 Å². The molecular weight excluding hydrogens is 1110 g/mol. The zero-order valence-corrected chi connectivity index (χ0v) is 49.0. The Kier molecular flexibility index (Phi) is 18.1. The predicted octanol–water partition coefficient (Wildman–Crippen LogP) is 9.12. The Morgan fingerprint density at radius 1 is 0.833 bits per heavy atom. The molecule has 84 heavy (non-hydrogen) atoms. The van der Waals surface area contributed by atoms with E-state index in [0.29, 0.717) is 80.9 Å². The molecule has 0 bridgehead atoms. The Balaban J connectivity index is 0.948. The van der Waals surface area contributed by atoms with Crippen LogP contribution < -0.4 is 31.6 Å². The fraction of sp³-hybridized carbons (Fsp3) is 0.339. The maximum absolute atomic E-state index is 13.4. The largest absolute Gasteiger partial charge is 0.480 e. The minimum absolute atomic E-state index is 0.0500. The summed E-state index contributed by atoms with van der Waals surface area (Å²) in [5.74, 6) is -1.20.